The fourth-order valence-electron chi connectivity index (χ4n) is 3.31. The van der Waals surface area contributed by atoms with Crippen LogP contribution < -0.4 is 4.72 Å². The van der Waals surface area contributed by atoms with Gasteiger partial charge in [-0.15, -0.1) is 0 Å². The van der Waals surface area contributed by atoms with E-state index in [4.69, 9.17) is 16.3 Å². The molecule has 1 N–H and O–H groups in total. The number of nitrogens with zero attached hydrogens (tertiary/aromatic N) is 3. The molecule has 1 saturated carbocycles. The summed E-state index contributed by atoms with van der Waals surface area (Å²) in [4.78, 5) is 20.3. The summed E-state index contributed by atoms with van der Waals surface area (Å²) >= 11 is 6.18. The Morgan fingerprint density at radius 1 is 1.22 bits per heavy atom. The van der Waals surface area contributed by atoms with E-state index < -0.39 is 16.0 Å². The third-order valence-electron chi connectivity index (χ3n) is 5.02. The number of carbonyl (C=O) groups excluding carboxylic acids is 1. The molecule has 8 nitrogen and oxygen atoms in total. The molecular formula is C22H17ClN4O4S. The maximum atomic E-state index is 13.5. The minimum atomic E-state index is -4.15. The number of hydrogen-bond acceptors (Lipinski definition) is 7. The Hall–Kier alpha value is -3.48. The summed E-state index contributed by atoms with van der Waals surface area (Å²) in [6, 6.07) is 10.9. The monoisotopic (exact) mass is 468 g/mol. The van der Waals surface area contributed by atoms with E-state index in [9.17, 15) is 18.5 Å². The van der Waals surface area contributed by atoms with Crippen molar-refractivity contribution in [2.75, 3.05) is 11.8 Å². The molecule has 10 heteroatoms. The van der Waals surface area contributed by atoms with Crippen LogP contribution in [0.2, 0.25) is 5.02 Å². The first-order chi connectivity index (χ1) is 15.3. The molecule has 0 unspecified atom stereocenters. The number of esters is 1. The summed E-state index contributed by atoms with van der Waals surface area (Å²) in [5.41, 5.74) is 1.25. The first-order valence-electron chi connectivity index (χ1n) is 9.60. The van der Waals surface area contributed by atoms with Gasteiger partial charge in [0, 0.05) is 18.0 Å². The predicted octanol–water partition coefficient (Wildman–Crippen LogP) is 4.13. The van der Waals surface area contributed by atoms with Crippen LogP contribution in [-0.4, -0.2) is 31.5 Å². The van der Waals surface area contributed by atoms with E-state index in [0.717, 1.165) is 12.8 Å². The maximum Gasteiger partial charge on any atom is 0.337 e. The summed E-state index contributed by atoms with van der Waals surface area (Å²) in [7, 11) is -2.92. The SMILES string of the molecule is COC(=O)c1ccc(C2CC2)c(S(=O)(=O)Nc2cc(C#N)c(Cl)cc2-c2ncccn2)c1. The van der Waals surface area contributed by atoms with Crippen molar-refractivity contribution in [1.82, 2.24) is 9.97 Å². The van der Waals surface area contributed by atoms with E-state index in [1.165, 1.54) is 37.7 Å². The average Bonchev–Trinajstić information content (AvgIpc) is 3.65. The van der Waals surface area contributed by atoms with Gasteiger partial charge in [-0.05, 0) is 54.7 Å². The number of anilines is 1. The molecule has 3 aromatic rings. The number of benzene rings is 2. The smallest absolute Gasteiger partial charge is 0.337 e. The minimum absolute atomic E-state index is 0.0173. The second-order valence-corrected chi connectivity index (χ2v) is 9.24. The highest BCUT2D eigenvalue weighted by Gasteiger charge is 2.32. The molecule has 0 spiro atoms. The van der Waals surface area contributed by atoms with Crippen LogP contribution in [0.1, 0.15) is 40.2 Å². The van der Waals surface area contributed by atoms with Gasteiger partial charge in [-0.3, -0.25) is 4.72 Å². The number of carbonyl (C=O) groups is 1. The van der Waals surface area contributed by atoms with Gasteiger partial charge in [-0.2, -0.15) is 5.26 Å². The van der Waals surface area contributed by atoms with E-state index in [0.29, 0.717) is 11.1 Å². The third kappa shape index (κ3) is 4.28. The summed E-state index contributed by atoms with van der Waals surface area (Å²) in [5, 5.41) is 9.52. The zero-order chi connectivity index (χ0) is 22.9. The average molecular weight is 469 g/mol. The molecule has 0 amide bonds. The topological polar surface area (TPSA) is 122 Å². The Bertz CT molecular complexity index is 1350. The number of rotatable bonds is 6. The lowest BCUT2D eigenvalue weighted by Crippen LogP contribution is -2.17. The van der Waals surface area contributed by atoms with Crippen molar-refractivity contribution >= 4 is 33.3 Å². The lowest BCUT2D eigenvalue weighted by molar-refractivity contribution is 0.0600. The van der Waals surface area contributed by atoms with Crippen LogP contribution in [0.25, 0.3) is 11.4 Å². The number of aromatic nitrogens is 2. The molecule has 0 bridgehead atoms. The van der Waals surface area contributed by atoms with Crippen molar-refractivity contribution in [3.63, 3.8) is 0 Å². The third-order valence-corrected chi connectivity index (χ3v) is 6.75. The van der Waals surface area contributed by atoms with Gasteiger partial charge in [0.05, 0.1) is 33.8 Å². The van der Waals surface area contributed by atoms with Gasteiger partial charge >= 0.3 is 5.97 Å². The van der Waals surface area contributed by atoms with Gasteiger partial charge in [0.25, 0.3) is 10.0 Å². The first-order valence-corrected chi connectivity index (χ1v) is 11.5. The van der Waals surface area contributed by atoms with Crippen molar-refractivity contribution in [2.24, 2.45) is 0 Å². The molecule has 4 rings (SSSR count). The van der Waals surface area contributed by atoms with Crippen LogP contribution in [0, 0.1) is 11.3 Å². The Kier molecular flexibility index (Phi) is 5.82. The summed E-state index contributed by atoms with van der Waals surface area (Å²) in [6.45, 7) is 0. The molecule has 0 aliphatic heterocycles. The fraction of sp³-hybridized carbons (Fsp3) is 0.182. The van der Waals surface area contributed by atoms with Gasteiger partial charge in [-0.25, -0.2) is 23.2 Å². The van der Waals surface area contributed by atoms with E-state index in [-0.39, 0.29) is 38.5 Å². The summed E-state index contributed by atoms with van der Waals surface area (Å²) in [5.74, 6) is -0.298. The Balaban J connectivity index is 1.84. The van der Waals surface area contributed by atoms with Crippen molar-refractivity contribution in [3.8, 4) is 17.5 Å². The molecule has 162 valence electrons. The molecule has 32 heavy (non-hydrogen) atoms. The molecule has 0 radical (unpaired) electrons. The van der Waals surface area contributed by atoms with Crippen molar-refractivity contribution in [3.05, 3.63) is 70.5 Å². The van der Waals surface area contributed by atoms with Crippen LogP contribution in [0.4, 0.5) is 5.69 Å². The molecule has 1 fully saturated rings. The number of halogens is 1. The number of nitrogens with one attached hydrogen (secondary N) is 1. The maximum absolute atomic E-state index is 13.5. The van der Waals surface area contributed by atoms with Gasteiger partial charge in [0.2, 0.25) is 0 Å². The molecule has 1 aromatic heterocycles. The summed E-state index contributed by atoms with van der Waals surface area (Å²) in [6.07, 6.45) is 4.75. The second kappa shape index (κ2) is 8.57. The Morgan fingerprint density at radius 2 is 1.94 bits per heavy atom. The molecule has 0 atom stereocenters. The number of ether oxygens (including phenoxy) is 1. The van der Waals surface area contributed by atoms with Gasteiger partial charge in [0.1, 0.15) is 6.07 Å². The standard InChI is InChI=1S/C22H17ClN4O4S/c1-31-22(28)14-5-6-16(13-3-4-13)20(10-14)32(29,30)27-19-9-15(12-24)18(23)11-17(19)21-25-7-2-8-26-21/h2,5-11,13,27H,3-4H2,1H3. The van der Waals surface area contributed by atoms with Gasteiger partial charge in [-0.1, -0.05) is 17.7 Å². The van der Waals surface area contributed by atoms with E-state index in [1.54, 1.807) is 18.2 Å². The molecule has 1 aliphatic carbocycles. The molecule has 1 heterocycles. The van der Waals surface area contributed by atoms with Gasteiger partial charge < -0.3 is 4.74 Å². The van der Waals surface area contributed by atoms with E-state index in [2.05, 4.69) is 14.7 Å². The predicted molar refractivity (Wildman–Crippen MR) is 118 cm³/mol. The minimum Gasteiger partial charge on any atom is -0.465 e. The Labute approximate surface area is 189 Å². The van der Waals surface area contributed by atoms with Crippen LogP contribution in [0.5, 0.6) is 0 Å². The van der Waals surface area contributed by atoms with Crippen LogP contribution in [0.3, 0.4) is 0 Å². The number of hydrogen-bond donors (Lipinski definition) is 1. The van der Waals surface area contributed by atoms with Crippen LogP contribution in [-0.2, 0) is 14.8 Å². The largest absolute Gasteiger partial charge is 0.465 e. The fourth-order valence-corrected chi connectivity index (χ4v) is 4.91. The lowest BCUT2D eigenvalue weighted by Gasteiger charge is -2.16. The normalized spacial score (nSPS) is 13.3. The number of methoxy groups -OCH3 is 1. The van der Waals surface area contributed by atoms with E-state index >= 15 is 0 Å². The zero-order valence-electron chi connectivity index (χ0n) is 16.9. The summed E-state index contributed by atoms with van der Waals surface area (Å²) < 4.78 is 34.2. The van der Waals surface area contributed by atoms with Crippen LogP contribution >= 0.6 is 11.6 Å². The highest BCUT2D eigenvalue weighted by atomic mass is 35.5. The second-order valence-electron chi connectivity index (χ2n) is 7.19. The molecule has 1 aliphatic rings. The Morgan fingerprint density at radius 3 is 2.56 bits per heavy atom. The highest BCUT2D eigenvalue weighted by molar-refractivity contribution is 7.92. The lowest BCUT2D eigenvalue weighted by atomic mass is 10.1. The molecular weight excluding hydrogens is 452 g/mol. The number of nitriles is 1. The van der Waals surface area contributed by atoms with Crippen molar-refractivity contribution in [2.45, 2.75) is 23.7 Å². The van der Waals surface area contributed by atoms with Crippen LogP contribution in [0.15, 0.2) is 53.7 Å². The zero-order valence-corrected chi connectivity index (χ0v) is 18.4. The molecule has 0 saturated heterocycles. The number of sulfonamides is 1. The highest BCUT2D eigenvalue weighted by Crippen LogP contribution is 2.43. The van der Waals surface area contributed by atoms with Crippen molar-refractivity contribution < 1.29 is 17.9 Å². The van der Waals surface area contributed by atoms with E-state index in [1.807, 2.05) is 6.07 Å². The van der Waals surface area contributed by atoms with Gasteiger partial charge in [0.15, 0.2) is 5.82 Å². The quantitative estimate of drug-likeness (QED) is 0.539. The first kappa shape index (κ1) is 21.7. The van der Waals surface area contributed by atoms with Crippen molar-refractivity contribution in [1.29, 1.82) is 5.26 Å². The molecule has 2 aromatic carbocycles.